The molecule has 0 spiro atoms. The highest BCUT2D eigenvalue weighted by molar-refractivity contribution is 6.31. The van der Waals surface area contributed by atoms with Gasteiger partial charge in [-0.15, -0.1) is 0 Å². The summed E-state index contributed by atoms with van der Waals surface area (Å²) in [5, 5.41) is 10.4. The average molecular weight is 263 g/mol. The van der Waals surface area contributed by atoms with Crippen molar-refractivity contribution in [2.75, 3.05) is 0 Å². The molecule has 0 aromatic heterocycles. The topological polar surface area (TPSA) is 29.5 Å². The number of ether oxygens (including phenoxy) is 1. The van der Waals surface area contributed by atoms with E-state index in [1.165, 1.54) is 0 Å². The van der Waals surface area contributed by atoms with Crippen LogP contribution < -0.4 is 4.74 Å². The van der Waals surface area contributed by atoms with Gasteiger partial charge in [0.15, 0.2) is 0 Å². The Bertz CT molecular complexity index is 533. The highest BCUT2D eigenvalue weighted by Crippen LogP contribution is 2.32. The van der Waals surface area contributed by atoms with Gasteiger partial charge in [0.1, 0.15) is 11.5 Å². The van der Waals surface area contributed by atoms with E-state index in [1.807, 2.05) is 38.1 Å². The molecule has 18 heavy (non-hydrogen) atoms. The van der Waals surface area contributed by atoms with E-state index in [4.69, 9.17) is 16.3 Å². The van der Waals surface area contributed by atoms with Gasteiger partial charge in [0.05, 0.1) is 6.10 Å². The van der Waals surface area contributed by atoms with Crippen LogP contribution in [-0.4, -0.2) is 11.2 Å². The average Bonchev–Trinajstić information content (AvgIpc) is 2.33. The highest BCUT2D eigenvalue weighted by Gasteiger charge is 2.05. The largest absolute Gasteiger partial charge is 0.507 e. The second-order valence-electron chi connectivity index (χ2n) is 4.35. The molecular formula is C15H15ClO2. The van der Waals surface area contributed by atoms with Gasteiger partial charge in [-0.05, 0) is 49.7 Å². The summed E-state index contributed by atoms with van der Waals surface area (Å²) >= 11 is 5.93. The molecular weight excluding hydrogens is 248 g/mol. The van der Waals surface area contributed by atoms with Gasteiger partial charge in [-0.3, -0.25) is 0 Å². The molecule has 94 valence electrons. The number of hydrogen-bond acceptors (Lipinski definition) is 2. The molecule has 0 bridgehead atoms. The molecule has 0 heterocycles. The molecule has 2 rings (SSSR count). The van der Waals surface area contributed by atoms with E-state index < -0.39 is 0 Å². The van der Waals surface area contributed by atoms with Crippen molar-refractivity contribution >= 4 is 11.6 Å². The van der Waals surface area contributed by atoms with Crippen LogP contribution in [0.25, 0.3) is 11.1 Å². The minimum absolute atomic E-state index is 0.149. The normalized spacial score (nSPS) is 10.7. The maximum atomic E-state index is 9.81. The second kappa shape index (κ2) is 5.32. The number of hydrogen-bond donors (Lipinski definition) is 1. The summed E-state index contributed by atoms with van der Waals surface area (Å²) in [7, 11) is 0. The quantitative estimate of drug-likeness (QED) is 0.882. The van der Waals surface area contributed by atoms with E-state index >= 15 is 0 Å². The van der Waals surface area contributed by atoms with Gasteiger partial charge < -0.3 is 9.84 Å². The smallest absolute Gasteiger partial charge is 0.123 e. The van der Waals surface area contributed by atoms with Crippen LogP contribution in [0.3, 0.4) is 0 Å². The monoisotopic (exact) mass is 262 g/mol. The number of benzene rings is 2. The summed E-state index contributed by atoms with van der Waals surface area (Å²) < 4.78 is 5.57. The molecule has 0 amide bonds. The first-order chi connectivity index (χ1) is 8.56. The molecule has 0 aliphatic rings. The van der Waals surface area contributed by atoms with Crippen molar-refractivity contribution in [3.63, 3.8) is 0 Å². The zero-order valence-corrected chi connectivity index (χ0v) is 11.1. The molecule has 0 radical (unpaired) electrons. The number of phenols is 1. The Morgan fingerprint density at radius 3 is 2.33 bits per heavy atom. The molecule has 2 nitrogen and oxygen atoms in total. The van der Waals surface area contributed by atoms with E-state index in [9.17, 15) is 5.11 Å². The number of phenolic OH excluding ortho intramolecular Hbond substituents is 1. The lowest BCUT2D eigenvalue weighted by molar-refractivity contribution is 0.242. The van der Waals surface area contributed by atoms with E-state index in [1.54, 1.807) is 18.2 Å². The zero-order chi connectivity index (χ0) is 13.1. The third-order valence-electron chi connectivity index (χ3n) is 2.50. The second-order valence-corrected chi connectivity index (χ2v) is 4.79. The number of rotatable bonds is 3. The van der Waals surface area contributed by atoms with Gasteiger partial charge >= 0.3 is 0 Å². The molecule has 0 fully saturated rings. The van der Waals surface area contributed by atoms with Gasteiger partial charge in [-0.25, -0.2) is 0 Å². The van der Waals surface area contributed by atoms with Crippen LogP contribution in [0, 0.1) is 0 Å². The van der Waals surface area contributed by atoms with Crippen LogP contribution in [0.2, 0.25) is 5.02 Å². The number of halogens is 1. The first kappa shape index (κ1) is 12.8. The van der Waals surface area contributed by atoms with Crippen molar-refractivity contribution in [3.8, 4) is 22.6 Å². The molecule has 2 aromatic rings. The summed E-state index contributed by atoms with van der Waals surface area (Å²) in [5.41, 5.74) is 1.63. The van der Waals surface area contributed by atoms with Crippen molar-refractivity contribution in [1.29, 1.82) is 0 Å². The van der Waals surface area contributed by atoms with E-state index in [0.29, 0.717) is 5.02 Å². The predicted molar refractivity (Wildman–Crippen MR) is 74.3 cm³/mol. The van der Waals surface area contributed by atoms with Crippen LogP contribution in [0.4, 0.5) is 0 Å². The Morgan fingerprint density at radius 2 is 1.72 bits per heavy atom. The summed E-state index contributed by atoms with van der Waals surface area (Å²) in [4.78, 5) is 0. The van der Waals surface area contributed by atoms with Crippen molar-refractivity contribution in [1.82, 2.24) is 0 Å². The summed E-state index contributed by atoms with van der Waals surface area (Å²) in [6.07, 6.45) is 0.149. The number of aromatic hydroxyl groups is 1. The molecule has 2 aromatic carbocycles. The molecule has 0 saturated heterocycles. The van der Waals surface area contributed by atoms with Gasteiger partial charge in [0, 0.05) is 10.6 Å². The van der Waals surface area contributed by atoms with E-state index in [0.717, 1.165) is 16.9 Å². The first-order valence-electron chi connectivity index (χ1n) is 5.82. The van der Waals surface area contributed by atoms with Gasteiger partial charge in [-0.1, -0.05) is 23.7 Å². The van der Waals surface area contributed by atoms with E-state index in [-0.39, 0.29) is 11.9 Å². The van der Waals surface area contributed by atoms with Gasteiger partial charge in [0.25, 0.3) is 0 Å². The SMILES string of the molecule is CC(C)Oc1ccc(-c2cc(Cl)ccc2O)cc1. The van der Waals surface area contributed by atoms with Crippen LogP contribution >= 0.6 is 11.6 Å². The minimum Gasteiger partial charge on any atom is -0.507 e. The fourth-order valence-electron chi connectivity index (χ4n) is 1.72. The van der Waals surface area contributed by atoms with E-state index in [2.05, 4.69) is 0 Å². The molecule has 0 atom stereocenters. The first-order valence-corrected chi connectivity index (χ1v) is 6.19. The Morgan fingerprint density at radius 1 is 1.06 bits per heavy atom. The minimum atomic E-state index is 0.149. The lowest BCUT2D eigenvalue weighted by Gasteiger charge is -2.10. The standard InChI is InChI=1S/C15H15ClO2/c1-10(2)18-13-6-3-11(4-7-13)14-9-12(16)5-8-15(14)17/h3-10,17H,1-2H3. The van der Waals surface area contributed by atoms with Crippen molar-refractivity contribution < 1.29 is 9.84 Å². The Labute approximate surface area is 112 Å². The fraction of sp³-hybridized carbons (Fsp3) is 0.200. The molecule has 1 N–H and O–H groups in total. The molecule has 0 unspecified atom stereocenters. The third kappa shape index (κ3) is 2.96. The van der Waals surface area contributed by atoms with Crippen LogP contribution in [0.5, 0.6) is 11.5 Å². The Kier molecular flexibility index (Phi) is 3.78. The molecule has 0 saturated carbocycles. The van der Waals surface area contributed by atoms with Crippen molar-refractivity contribution in [3.05, 3.63) is 47.5 Å². The third-order valence-corrected chi connectivity index (χ3v) is 2.73. The predicted octanol–water partition coefficient (Wildman–Crippen LogP) is 4.50. The lowest BCUT2D eigenvalue weighted by atomic mass is 10.0. The van der Waals surface area contributed by atoms with Gasteiger partial charge in [-0.2, -0.15) is 0 Å². The zero-order valence-electron chi connectivity index (χ0n) is 10.4. The maximum Gasteiger partial charge on any atom is 0.123 e. The summed E-state index contributed by atoms with van der Waals surface area (Å²) in [6.45, 7) is 3.97. The van der Waals surface area contributed by atoms with Gasteiger partial charge in [0.2, 0.25) is 0 Å². The van der Waals surface area contributed by atoms with Crippen LogP contribution in [0.1, 0.15) is 13.8 Å². The maximum absolute atomic E-state index is 9.81. The van der Waals surface area contributed by atoms with Crippen LogP contribution in [-0.2, 0) is 0 Å². The Balaban J connectivity index is 2.31. The summed E-state index contributed by atoms with van der Waals surface area (Å²) in [6, 6.07) is 12.6. The van der Waals surface area contributed by atoms with Crippen molar-refractivity contribution in [2.24, 2.45) is 0 Å². The molecule has 0 aliphatic carbocycles. The van der Waals surface area contributed by atoms with Crippen LogP contribution in [0.15, 0.2) is 42.5 Å². The molecule has 3 heteroatoms. The molecule has 0 aliphatic heterocycles. The lowest BCUT2D eigenvalue weighted by Crippen LogP contribution is -2.05. The Hall–Kier alpha value is -1.67. The van der Waals surface area contributed by atoms with Crippen molar-refractivity contribution in [2.45, 2.75) is 20.0 Å². The highest BCUT2D eigenvalue weighted by atomic mass is 35.5. The fourth-order valence-corrected chi connectivity index (χ4v) is 1.90. The summed E-state index contributed by atoms with van der Waals surface area (Å²) in [5.74, 6) is 1.03.